The molecule has 0 atom stereocenters. The summed E-state index contributed by atoms with van der Waals surface area (Å²) in [4.78, 5) is 26.6. The van der Waals surface area contributed by atoms with Crippen LogP contribution in [0, 0.1) is 19.7 Å². The molecule has 1 aromatic heterocycles. The molecule has 0 radical (unpaired) electrons. The van der Waals surface area contributed by atoms with E-state index in [9.17, 15) is 14.0 Å². The zero-order valence-electron chi connectivity index (χ0n) is 15.8. The second kappa shape index (κ2) is 8.04. The largest absolute Gasteiger partial charge is 0.383 e. The van der Waals surface area contributed by atoms with Gasteiger partial charge in [-0.05, 0) is 68.0 Å². The van der Waals surface area contributed by atoms with Crippen LogP contribution < -0.4 is 10.2 Å². The Labute approximate surface area is 167 Å². The van der Waals surface area contributed by atoms with Crippen molar-refractivity contribution in [2.75, 3.05) is 18.6 Å². The van der Waals surface area contributed by atoms with E-state index in [0.29, 0.717) is 18.8 Å². The van der Waals surface area contributed by atoms with Gasteiger partial charge in [0.25, 0.3) is 11.8 Å². The quantitative estimate of drug-likeness (QED) is 0.475. The van der Waals surface area contributed by atoms with E-state index in [-0.39, 0.29) is 10.7 Å². The molecule has 2 amide bonds. The fourth-order valence-corrected chi connectivity index (χ4v) is 3.42. The molecular weight excluding hydrogens is 381 g/mol. The third-order valence-electron chi connectivity index (χ3n) is 4.62. The summed E-state index contributed by atoms with van der Waals surface area (Å²) in [6, 6.07) is 7.24. The van der Waals surface area contributed by atoms with Gasteiger partial charge in [-0.3, -0.25) is 19.8 Å². The van der Waals surface area contributed by atoms with Gasteiger partial charge < -0.3 is 9.30 Å². The maximum Gasteiger partial charge on any atom is 0.270 e. The summed E-state index contributed by atoms with van der Waals surface area (Å²) in [5.41, 5.74) is 3.02. The molecule has 1 fully saturated rings. The molecule has 1 N–H and O–H groups in total. The molecular formula is C20H20FN3O3S. The van der Waals surface area contributed by atoms with Crippen LogP contribution in [-0.2, 0) is 20.9 Å². The summed E-state index contributed by atoms with van der Waals surface area (Å²) < 4.78 is 20.4. The van der Waals surface area contributed by atoms with Crippen LogP contribution in [0.5, 0.6) is 0 Å². The van der Waals surface area contributed by atoms with E-state index in [1.54, 1.807) is 13.2 Å². The first kappa shape index (κ1) is 19.9. The van der Waals surface area contributed by atoms with Gasteiger partial charge in [0, 0.05) is 25.0 Å². The number of amides is 2. The Bertz CT molecular complexity index is 979. The Kier molecular flexibility index (Phi) is 5.71. The predicted octanol–water partition coefficient (Wildman–Crippen LogP) is 2.72. The van der Waals surface area contributed by atoms with Crippen molar-refractivity contribution in [2.24, 2.45) is 0 Å². The van der Waals surface area contributed by atoms with Crippen molar-refractivity contribution in [1.82, 2.24) is 9.88 Å². The maximum atomic E-state index is 13.2. The minimum absolute atomic E-state index is 0.0371. The fraction of sp³-hybridized carbons (Fsp3) is 0.250. The predicted molar refractivity (Wildman–Crippen MR) is 108 cm³/mol. The van der Waals surface area contributed by atoms with Gasteiger partial charge >= 0.3 is 0 Å². The third kappa shape index (κ3) is 3.74. The Hall–Kier alpha value is -2.84. The number of hydrogen-bond donors (Lipinski definition) is 1. The molecule has 8 heteroatoms. The number of carbonyl (C=O) groups excluding carboxylic acids is 2. The highest BCUT2D eigenvalue weighted by Crippen LogP contribution is 2.24. The molecule has 1 aliphatic rings. The highest BCUT2D eigenvalue weighted by Gasteiger charge is 2.34. The zero-order valence-corrected chi connectivity index (χ0v) is 16.6. The van der Waals surface area contributed by atoms with Gasteiger partial charge in [-0.2, -0.15) is 0 Å². The van der Waals surface area contributed by atoms with Crippen molar-refractivity contribution in [1.29, 1.82) is 0 Å². The van der Waals surface area contributed by atoms with Crippen LogP contribution in [0.15, 0.2) is 35.9 Å². The highest BCUT2D eigenvalue weighted by atomic mass is 32.1. The summed E-state index contributed by atoms with van der Waals surface area (Å²) in [5, 5.41) is 2.49. The number of aryl methyl sites for hydroxylation is 1. The Morgan fingerprint density at radius 2 is 1.89 bits per heavy atom. The molecule has 0 saturated carbocycles. The van der Waals surface area contributed by atoms with Crippen LogP contribution in [0.1, 0.15) is 17.0 Å². The molecule has 0 unspecified atom stereocenters. The topological polar surface area (TPSA) is 63.6 Å². The molecule has 1 aliphatic heterocycles. The summed E-state index contributed by atoms with van der Waals surface area (Å²) >= 11 is 5.15. The minimum Gasteiger partial charge on any atom is -0.383 e. The van der Waals surface area contributed by atoms with Crippen molar-refractivity contribution in [3.05, 3.63) is 58.7 Å². The molecule has 28 heavy (non-hydrogen) atoms. The van der Waals surface area contributed by atoms with Crippen LogP contribution in [0.3, 0.4) is 0 Å². The third-order valence-corrected chi connectivity index (χ3v) is 4.90. The van der Waals surface area contributed by atoms with Gasteiger partial charge in [-0.1, -0.05) is 0 Å². The number of benzene rings is 1. The van der Waals surface area contributed by atoms with Gasteiger partial charge in [0.1, 0.15) is 11.4 Å². The smallest absolute Gasteiger partial charge is 0.270 e. The van der Waals surface area contributed by atoms with E-state index in [1.807, 2.05) is 19.9 Å². The van der Waals surface area contributed by atoms with Crippen LogP contribution in [0.2, 0.25) is 0 Å². The number of nitrogens with zero attached hydrogens (tertiary/aromatic N) is 2. The van der Waals surface area contributed by atoms with E-state index in [1.165, 1.54) is 29.2 Å². The second-order valence-corrected chi connectivity index (χ2v) is 6.79. The van der Waals surface area contributed by atoms with E-state index < -0.39 is 17.6 Å². The van der Waals surface area contributed by atoms with Crippen LogP contribution in [0.25, 0.3) is 6.08 Å². The van der Waals surface area contributed by atoms with Crippen molar-refractivity contribution in [2.45, 2.75) is 20.4 Å². The van der Waals surface area contributed by atoms with Crippen LogP contribution in [0.4, 0.5) is 10.1 Å². The molecule has 146 valence electrons. The molecule has 6 nitrogen and oxygen atoms in total. The lowest BCUT2D eigenvalue weighted by Crippen LogP contribution is -2.54. The molecule has 0 spiro atoms. The average molecular weight is 401 g/mol. The Balaban J connectivity index is 1.99. The zero-order chi connectivity index (χ0) is 20.4. The highest BCUT2D eigenvalue weighted by molar-refractivity contribution is 7.80. The number of hydrogen-bond acceptors (Lipinski definition) is 4. The van der Waals surface area contributed by atoms with Crippen molar-refractivity contribution >= 4 is 40.9 Å². The van der Waals surface area contributed by atoms with Crippen molar-refractivity contribution in [3.63, 3.8) is 0 Å². The van der Waals surface area contributed by atoms with Gasteiger partial charge in [0.05, 0.1) is 12.3 Å². The standard InChI is InChI=1S/C20H20FN3O3S/c1-12-10-14(13(2)23(12)8-9-27-3)11-17-18(25)22-20(28)24(19(17)26)16-6-4-15(21)5-7-16/h4-7,10-11H,8-9H2,1-3H3,(H,22,25,28)/b17-11+. The van der Waals surface area contributed by atoms with Gasteiger partial charge in [-0.15, -0.1) is 0 Å². The number of thiocarbonyl (C=S) groups is 1. The lowest BCUT2D eigenvalue weighted by atomic mass is 10.1. The molecule has 3 rings (SSSR count). The summed E-state index contributed by atoms with van der Waals surface area (Å²) in [5.74, 6) is -1.54. The Morgan fingerprint density at radius 3 is 2.54 bits per heavy atom. The van der Waals surface area contributed by atoms with Crippen LogP contribution >= 0.6 is 12.2 Å². The average Bonchev–Trinajstić information content (AvgIpc) is 2.91. The van der Waals surface area contributed by atoms with Gasteiger partial charge in [-0.25, -0.2) is 4.39 Å². The monoisotopic (exact) mass is 401 g/mol. The number of carbonyl (C=O) groups is 2. The molecule has 0 bridgehead atoms. The molecule has 0 aliphatic carbocycles. The number of halogens is 1. The SMILES string of the molecule is COCCn1c(C)cc(/C=C2\C(=O)NC(=S)N(c3ccc(F)cc3)C2=O)c1C. The summed E-state index contributed by atoms with van der Waals surface area (Å²) in [6.07, 6.45) is 1.56. The lowest BCUT2D eigenvalue weighted by molar-refractivity contribution is -0.122. The Morgan fingerprint density at radius 1 is 1.21 bits per heavy atom. The number of nitrogens with one attached hydrogen (secondary N) is 1. The molecule has 2 heterocycles. The van der Waals surface area contributed by atoms with E-state index in [4.69, 9.17) is 17.0 Å². The molecule has 1 saturated heterocycles. The normalized spacial score (nSPS) is 16.1. The van der Waals surface area contributed by atoms with E-state index in [2.05, 4.69) is 9.88 Å². The number of aromatic nitrogens is 1. The maximum absolute atomic E-state index is 13.2. The number of methoxy groups -OCH3 is 1. The first-order chi connectivity index (χ1) is 13.3. The summed E-state index contributed by atoms with van der Waals surface area (Å²) in [6.45, 7) is 5.09. The van der Waals surface area contributed by atoms with Crippen molar-refractivity contribution < 1.29 is 18.7 Å². The van der Waals surface area contributed by atoms with E-state index >= 15 is 0 Å². The summed E-state index contributed by atoms with van der Waals surface area (Å²) in [7, 11) is 1.63. The number of anilines is 1. The van der Waals surface area contributed by atoms with E-state index in [0.717, 1.165) is 17.0 Å². The number of ether oxygens (including phenoxy) is 1. The molecule has 2 aromatic rings. The van der Waals surface area contributed by atoms with Crippen LogP contribution in [-0.4, -0.2) is 35.2 Å². The molecule has 1 aromatic carbocycles. The number of rotatable bonds is 5. The lowest BCUT2D eigenvalue weighted by Gasteiger charge is -2.28. The first-order valence-electron chi connectivity index (χ1n) is 8.66. The minimum atomic E-state index is -0.560. The van der Waals surface area contributed by atoms with Gasteiger partial charge in [0.15, 0.2) is 5.11 Å². The fourth-order valence-electron chi connectivity index (χ4n) is 3.14. The first-order valence-corrected chi connectivity index (χ1v) is 9.07. The van der Waals surface area contributed by atoms with Crippen molar-refractivity contribution in [3.8, 4) is 0 Å². The van der Waals surface area contributed by atoms with Gasteiger partial charge in [0.2, 0.25) is 0 Å². The second-order valence-electron chi connectivity index (χ2n) is 6.41.